The van der Waals surface area contributed by atoms with E-state index in [1.54, 1.807) is 6.07 Å². The van der Waals surface area contributed by atoms with Crippen molar-refractivity contribution in [2.45, 2.75) is 13.5 Å². The van der Waals surface area contributed by atoms with Crippen LogP contribution in [0.25, 0.3) is 22.0 Å². The third-order valence-corrected chi connectivity index (χ3v) is 3.42. The van der Waals surface area contributed by atoms with E-state index >= 15 is 0 Å². The Balaban J connectivity index is 2.02. The van der Waals surface area contributed by atoms with Crippen molar-refractivity contribution in [1.82, 2.24) is 9.97 Å². The van der Waals surface area contributed by atoms with E-state index in [2.05, 4.69) is 34.2 Å². The number of aromatic nitrogens is 2. The summed E-state index contributed by atoms with van der Waals surface area (Å²) in [5, 5.41) is 2.81. The maximum absolute atomic E-state index is 6.09. The van der Waals surface area contributed by atoms with Crippen LogP contribution in [0.2, 0.25) is 5.15 Å². The van der Waals surface area contributed by atoms with Crippen LogP contribution in [0.5, 0.6) is 0 Å². The van der Waals surface area contributed by atoms with Gasteiger partial charge in [0.2, 0.25) is 0 Å². The third-order valence-electron chi connectivity index (χ3n) is 3.22. The van der Waals surface area contributed by atoms with Gasteiger partial charge in [0, 0.05) is 18.2 Å². The number of nitrogens with zero attached hydrogens (tertiary/aromatic N) is 2. The van der Waals surface area contributed by atoms with Crippen molar-refractivity contribution in [1.29, 1.82) is 0 Å². The summed E-state index contributed by atoms with van der Waals surface area (Å²) in [6.45, 7) is 2.94. The quantitative estimate of drug-likeness (QED) is 0.666. The normalized spacial score (nSPS) is 11.0. The molecule has 0 bridgehead atoms. The fraction of sp³-hybridized carbons (Fsp3) is 0.176. The summed E-state index contributed by atoms with van der Waals surface area (Å²) in [5.41, 5.74) is 1.84. The van der Waals surface area contributed by atoms with Gasteiger partial charge in [-0.3, -0.25) is 0 Å². The zero-order valence-electron chi connectivity index (χ0n) is 11.7. The Kier molecular flexibility index (Phi) is 4.13. The van der Waals surface area contributed by atoms with Crippen LogP contribution in [0.4, 0.5) is 0 Å². The van der Waals surface area contributed by atoms with Gasteiger partial charge in [0.15, 0.2) is 5.82 Å². The molecular formula is C17H15ClN2O. The molecule has 4 heteroatoms. The van der Waals surface area contributed by atoms with Gasteiger partial charge in [0.05, 0.1) is 5.69 Å². The van der Waals surface area contributed by atoms with Crippen molar-refractivity contribution in [3.63, 3.8) is 0 Å². The van der Waals surface area contributed by atoms with E-state index in [0.717, 1.165) is 11.3 Å². The highest BCUT2D eigenvalue weighted by Gasteiger charge is 2.06. The van der Waals surface area contributed by atoms with E-state index in [4.69, 9.17) is 16.3 Å². The maximum atomic E-state index is 6.09. The molecule has 3 nitrogen and oxygen atoms in total. The lowest BCUT2D eigenvalue weighted by Gasteiger charge is -2.07. The number of rotatable bonds is 4. The number of ether oxygens (including phenoxy) is 1. The van der Waals surface area contributed by atoms with E-state index in [1.807, 2.05) is 25.1 Å². The summed E-state index contributed by atoms with van der Waals surface area (Å²) in [6, 6.07) is 16.3. The highest BCUT2D eigenvalue weighted by Crippen LogP contribution is 2.24. The van der Waals surface area contributed by atoms with E-state index in [-0.39, 0.29) is 0 Å². The monoisotopic (exact) mass is 298 g/mol. The molecule has 2 aromatic carbocycles. The predicted molar refractivity (Wildman–Crippen MR) is 85.3 cm³/mol. The Morgan fingerprint density at radius 1 is 1.00 bits per heavy atom. The Hall–Kier alpha value is -1.97. The van der Waals surface area contributed by atoms with Crippen LogP contribution < -0.4 is 0 Å². The van der Waals surface area contributed by atoms with Crippen LogP contribution in [0.1, 0.15) is 12.7 Å². The molecule has 0 N–H and O–H groups in total. The maximum Gasteiger partial charge on any atom is 0.156 e. The average Bonchev–Trinajstić information content (AvgIpc) is 2.52. The van der Waals surface area contributed by atoms with Crippen molar-refractivity contribution in [3.05, 3.63) is 59.5 Å². The molecule has 0 spiro atoms. The molecule has 0 unspecified atom stereocenters. The molecule has 0 aliphatic carbocycles. The van der Waals surface area contributed by atoms with Crippen molar-refractivity contribution in [2.75, 3.05) is 6.61 Å². The fourth-order valence-electron chi connectivity index (χ4n) is 2.22. The van der Waals surface area contributed by atoms with Crippen molar-refractivity contribution in [3.8, 4) is 11.3 Å². The van der Waals surface area contributed by atoms with Gasteiger partial charge in [0.25, 0.3) is 0 Å². The molecule has 0 aliphatic rings. The SMILES string of the molecule is CCOCc1nc(Cl)cc(-c2ccc3ccccc3c2)n1. The summed E-state index contributed by atoms with van der Waals surface area (Å²) < 4.78 is 5.35. The van der Waals surface area contributed by atoms with Crippen LogP contribution >= 0.6 is 11.6 Å². The lowest BCUT2D eigenvalue weighted by Crippen LogP contribution is -2.00. The van der Waals surface area contributed by atoms with Crippen molar-refractivity contribution >= 4 is 22.4 Å². The van der Waals surface area contributed by atoms with Gasteiger partial charge in [-0.1, -0.05) is 48.0 Å². The number of hydrogen-bond acceptors (Lipinski definition) is 3. The molecule has 0 amide bonds. The summed E-state index contributed by atoms with van der Waals surface area (Å²) in [6.07, 6.45) is 0. The summed E-state index contributed by atoms with van der Waals surface area (Å²) in [5.74, 6) is 0.604. The molecule has 3 rings (SSSR count). The summed E-state index contributed by atoms with van der Waals surface area (Å²) in [7, 11) is 0. The van der Waals surface area contributed by atoms with Crippen LogP contribution in [-0.4, -0.2) is 16.6 Å². The third kappa shape index (κ3) is 3.20. The Labute approximate surface area is 128 Å². The summed E-state index contributed by atoms with van der Waals surface area (Å²) in [4.78, 5) is 8.72. The van der Waals surface area contributed by atoms with E-state index in [9.17, 15) is 0 Å². The highest BCUT2D eigenvalue weighted by atomic mass is 35.5. The first-order chi connectivity index (χ1) is 10.3. The Bertz CT molecular complexity index is 774. The number of benzene rings is 2. The molecule has 0 radical (unpaired) electrons. The van der Waals surface area contributed by atoms with E-state index in [1.165, 1.54) is 10.8 Å². The number of halogens is 1. The molecule has 3 aromatic rings. The van der Waals surface area contributed by atoms with Crippen LogP contribution in [0.15, 0.2) is 48.5 Å². The summed E-state index contributed by atoms with van der Waals surface area (Å²) >= 11 is 6.09. The van der Waals surface area contributed by atoms with Crippen LogP contribution in [0, 0.1) is 0 Å². The fourth-order valence-corrected chi connectivity index (χ4v) is 2.42. The van der Waals surface area contributed by atoms with Gasteiger partial charge in [-0.15, -0.1) is 0 Å². The van der Waals surface area contributed by atoms with Gasteiger partial charge < -0.3 is 4.74 Å². The number of hydrogen-bond donors (Lipinski definition) is 0. The topological polar surface area (TPSA) is 35.0 Å². The van der Waals surface area contributed by atoms with Gasteiger partial charge in [-0.25, -0.2) is 9.97 Å². The largest absolute Gasteiger partial charge is 0.374 e. The van der Waals surface area contributed by atoms with Gasteiger partial charge in [0.1, 0.15) is 11.8 Å². The Morgan fingerprint density at radius 2 is 1.81 bits per heavy atom. The van der Waals surface area contributed by atoms with Crippen LogP contribution in [0.3, 0.4) is 0 Å². The minimum Gasteiger partial charge on any atom is -0.374 e. The molecule has 0 saturated heterocycles. The average molecular weight is 299 g/mol. The van der Waals surface area contributed by atoms with Crippen molar-refractivity contribution in [2.24, 2.45) is 0 Å². The Morgan fingerprint density at radius 3 is 2.62 bits per heavy atom. The molecule has 0 fully saturated rings. The van der Waals surface area contributed by atoms with Gasteiger partial charge >= 0.3 is 0 Å². The lowest BCUT2D eigenvalue weighted by molar-refractivity contribution is 0.128. The first-order valence-electron chi connectivity index (χ1n) is 6.86. The minimum absolute atomic E-state index is 0.373. The molecule has 0 saturated carbocycles. The molecule has 1 heterocycles. The molecule has 21 heavy (non-hydrogen) atoms. The second-order valence-electron chi connectivity index (χ2n) is 4.69. The molecule has 106 valence electrons. The predicted octanol–water partition coefficient (Wildman–Crippen LogP) is 4.49. The van der Waals surface area contributed by atoms with Gasteiger partial charge in [-0.05, 0) is 23.8 Å². The van der Waals surface area contributed by atoms with E-state index < -0.39 is 0 Å². The highest BCUT2D eigenvalue weighted by molar-refractivity contribution is 6.29. The molecular weight excluding hydrogens is 284 g/mol. The first-order valence-corrected chi connectivity index (χ1v) is 7.24. The second kappa shape index (κ2) is 6.20. The zero-order chi connectivity index (χ0) is 14.7. The zero-order valence-corrected chi connectivity index (χ0v) is 12.5. The minimum atomic E-state index is 0.373. The van der Waals surface area contributed by atoms with E-state index in [0.29, 0.717) is 24.2 Å². The molecule has 0 atom stereocenters. The van der Waals surface area contributed by atoms with Gasteiger partial charge in [-0.2, -0.15) is 0 Å². The lowest BCUT2D eigenvalue weighted by atomic mass is 10.1. The first kappa shape index (κ1) is 14.0. The standard InChI is InChI=1S/C17H15ClN2O/c1-2-21-11-17-19-15(10-16(18)20-17)14-8-7-12-5-3-4-6-13(12)9-14/h3-10H,2,11H2,1H3. The van der Waals surface area contributed by atoms with Crippen molar-refractivity contribution < 1.29 is 4.74 Å². The van der Waals surface area contributed by atoms with Crippen LogP contribution in [-0.2, 0) is 11.3 Å². The number of fused-ring (bicyclic) bond motifs is 1. The molecule has 1 aromatic heterocycles. The smallest absolute Gasteiger partial charge is 0.156 e. The second-order valence-corrected chi connectivity index (χ2v) is 5.08. The molecule has 0 aliphatic heterocycles.